The van der Waals surface area contributed by atoms with E-state index in [1.807, 2.05) is 0 Å². The summed E-state index contributed by atoms with van der Waals surface area (Å²) in [5, 5.41) is 10.0. The highest BCUT2D eigenvalue weighted by atomic mass is 35.5. The van der Waals surface area contributed by atoms with Gasteiger partial charge in [-0.1, -0.05) is 11.6 Å². The monoisotopic (exact) mass is 340 g/mol. The van der Waals surface area contributed by atoms with Crippen molar-refractivity contribution in [3.05, 3.63) is 29.0 Å². The van der Waals surface area contributed by atoms with Crippen molar-refractivity contribution in [3.8, 4) is 0 Å². The maximum Gasteiger partial charge on any atom is 0.410 e. The number of carboxylic acid groups (broad SMARTS) is 1. The molecule has 1 aliphatic rings. The molecule has 2 heterocycles. The first-order valence-corrected chi connectivity index (χ1v) is 7.87. The number of carboxylic acids is 1. The minimum absolute atomic E-state index is 0.110. The molecule has 1 aliphatic heterocycles. The van der Waals surface area contributed by atoms with Gasteiger partial charge in [0, 0.05) is 30.9 Å². The highest BCUT2D eigenvalue weighted by Crippen LogP contribution is 2.33. The Morgan fingerprint density at radius 2 is 2.09 bits per heavy atom. The van der Waals surface area contributed by atoms with Crippen LogP contribution in [0, 0.1) is 5.92 Å². The van der Waals surface area contributed by atoms with E-state index in [1.165, 1.54) is 11.1 Å². The molecule has 1 amide bonds. The Morgan fingerprint density at radius 3 is 2.61 bits per heavy atom. The van der Waals surface area contributed by atoms with Gasteiger partial charge in [0.25, 0.3) is 0 Å². The van der Waals surface area contributed by atoms with Gasteiger partial charge in [0.05, 0.1) is 10.9 Å². The summed E-state index contributed by atoms with van der Waals surface area (Å²) in [5.74, 6) is -1.91. The Hall–Kier alpha value is -1.82. The second kappa shape index (κ2) is 6.74. The topological polar surface area (TPSA) is 79.7 Å². The summed E-state index contributed by atoms with van der Waals surface area (Å²) < 4.78 is 5.32. The third-order valence-electron chi connectivity index (χ3n) is 3.71. The lowest BCUT2D eigenvalue weighted by Crippen LogP contribution is -2.47. The quantitative estimate of drug-likeness (QED) is 0.894. The number of likely N-dealkylation sites (tertiary alicyclic amines) is 1. The SMILES string of the molecule is CC(C)(C)OC(=O)N1CC[C@H](c2ccc(Cl)cn2)[C@@H](C(=O)O)C1. The molecule has 23 heavy (non-hydrogen) atoms. The van der Waals surface area contributed by atoms with Crippen molar-refractivity contribution < 1.29 is 19.4 Å². The Balaban J connectivity index is 2.13. The Kier molecular flexibility index (Phi) is 5.14. The molecule has 1 N–H and O–H groups in total. The number of hydrogen-bond donors (Lipinski definition) is 1. The lowest BCUT2D eigenvalue weighted by atomic mass is 9.83. The van der Waals surface area contributed by atoms with Crippen molar-refractivity contribution in [2.24, 2.45) is 5.92 Å². The normalized spacial score (nSPS) is 21.8. The molecule has 0 saturated carbocycles. The van der Waals surface area contributed by atoms with Crippen LogP contribution < -0.4 is 0 Å². The number of amides is 1. The Labute approximate surface area is 140 Å². The number of piperidine rings is 1. The van der Waals surface area contributed by atoms with Gasteiger partial charge in [0.15, 0.2) is 0 Å². The maximum atomic E-state index is 12.1. The zero-order valence-corrected chi connectivity index (χ0v) is 14.2. The van der Waals surface area contributed by atoms with E-state index >= 15 is 0 Å². The van der Waals surface area contributed by atoms with Crippen molar-refractivity contribution in [1.29, 1.82) is 0 Å². The second-order valence-electron chi connectivity index (χ2n) is 6.67. The zero-order valence-electron chi connectivity index (χ0n) is 13.5. The molecule has 7 heteroatoms. The van der Waals surface area contributed by atoms with Gasteiger partial charge in [-0.3, -0.25) is 9.78 Å². The van der Waals surface area contributed by atoms with E-state index in [9.17, 15) is 14.7 Å². The first kappa shape index (κ1) is 17.5. The van der Waals surface area contributed by atoms with Crippen LogP contribution in [0.3, 0.4) is 0 Å². The predicted octanol–water partition coefficient (Wildman–Crippen LogP) is 3.16. The van der Waals surface area contributed by atoms with Crippen molar-refractivity contribution in [1.82, 2.24) is 9.88 Å². The average Bonchev–Trinajstić information content (AvgIpc) is 2.45. The summed E-state index contributed by atoms with van der Waals surface area (Å²) in [6.07, 6.45) is 1.55. The standard InChI is InChI=1S/C16H21ClN2O4/c1-16(2,3)23-15(22)19-7-6-11(12(9-19)14(20)21)13-5-4-10(17)8-18-13/h4-5,8,11-12H,6-7,9H2,1-3H3,(H,20,21)/t11-,12-/m0/s1. The van der Waals surface area contributed by atoms with E-state index in [0.717, 1.165) is 0 Å². The number of aliphatic carboxylic acids is 1. The maximum absolute atomic E-state index is 12.1. The number of hydrogen-bond acceptors (Lipinski definition) is 4. The minimum Gasteiger partial charge on any atom is -0.481 e. The molecule has 0 aliphatic carbocycles. The van der Waals surface area contributed by atoms with Crippen LogP contribution in [0.1, 0.15) is 38.8 Å². The average molecular weight is 341 g/mol. The lowest BCUT2D eigenvalue weighted by molar-refractivity contribution is -0.144. The second-order valence-corrected chi connectivity index (χ2v) is 7.10. The summed E-state index contributed by atoms with van der Waals surface area (Å²) in [6, 6.07) is 3.44. The van der Waals surface area contributed by atoms with Gasteiger partial charge in [0.1, 0.15) is 5.60 Å². The van der Waals surface area contributed by atoms with Crippen LogP contribution in [-0.4, -0.2) is 45.7 Å². The minimum atomic E-state index is -0.944. The molecule has 2 atom stereocenters. The van der Waals surface area contributed by atoms with E-state index in [2.05, 4.69) is 4.98 Å². The highest BCUT2D eigenvalue weighted by molar-refractivity contribution is 6.30. The molecule has 0 spiro atoms. The summed E-state index contributed by atoms with van der Waals surface area (Å²) in [6.45, 7) is 5.89. The van der Waals surface area contributed by atoms with Gasteiger partial charge >= 0.3 is 12.1 Å². The number of carbonyl (C=O) groups excluding carboxylic acids is 1. The predicted molar refractivity (Wildman–Crippen MR) is 85.5 cm³/mol. The van der Waals surface area contributed by atoms with Crippen molar-refractivity contribution in [3.63, 3.8) is 0 Å². The molecule has 1 aromatic rings. The molecule has 6 nitrogen and oxygen atoms in total. The Bertz CT molecular complexity index is 583. The number of ether oxygens (including phenoxy) is 1. The fourth-order valence-electron chi connectivity index (χ4n) is 2.66. The smallest absolute Gasteiger partial charge is 0.410 e. The largest absolute Gasteiger partial charge is 0.481 e. The van der Waals surface area contributed by atoms with Crippen LogP contribution in [-0.2, 0) is 9.53 Å². The lowest BCUT2D eigenvalue weighted by Gasteiger charge is -2.36. The first-order valence-electron chi connectivity index (χ1n) is 7.49. The van der Waals surface area contributed by atoms with Crippen LogP contribution in [0.4, 0.5) is 4.79 Å². The third-order valence-corrected chi connectivity index (χ3v) is 3.94. The molecule has 1 fully saturated rings. The summed E-state index contributed by atoms with van der Waals surface area (Å²) in [4.78, 5) is 29.5. The van der Waals surface area contributed by atoms with E-state index in [-0.39, 0.29) is 12.5 Å². The molecule has 2 rings (SSSR count). The number of pyridine rings is 1. The van der Waals surface area contributed by atoms with E-state index < -0.39 is 23.6 Å². The molecule has 1 saturated heterocycles. The summed E-state index contributed by atoms with van der Waals surface area (Å²) >= 11 is 5.83. The zero-order chi connectivity index (χ0) is 17.2. The van der Waals surface area contributed by atoms with Gasteiger partial charge in [-0.15, -0.1) is 0 Å². The third kappa shape index (κ3) is 4.58. The summed E-state index contributed by atoms with van der Waals surface area (Å²) in [7, 11) is 0. The van der Waals surface area contributed by atoms with Crippen LogP contribution in [0.25, 0.3) is 0 Å². The molecular formula is C16H21ClN2O4. The van der Waals surface area contributed by atoms with E-state index in [4.69, 9.17) is 16.3 Å². The van der Waals surface area contributed by atoms with Crippen LogP contribution in [0.2, 0.25) is 5.02 Å². The fraction of sp³-hybridized carbons (Fsp3) is 0.562. The molecule has 0 aromatic carbocycles. The van der Waals surface area contributed by atoms with Crippen molar-refractivity contribution in [2.45, 2.75) is 38.7 Å². The van der Waals surface area contributed by atoms with Gasteiger partial charge in [-0.2, -0.15) is 0 Å². The number of halogens is 1. The van der Waals surface area contributed by atoms with Gasteiger partial charge in [-0.25, -0.2) is 4.79 Å². The number of carbonyl (C=O) groups is 2. The molecular weight excluding hydrogens is 320 g/mol. The van der Waals surface area contributed by atoms with Crippen LogP contribution in [0.5, 0.6) is 0 Å². The molecule has 126 valence electrons. The fourth-order valence-corrected chi connectivity index (χ4v) is 2.77. The summed E-state index contributed by atoms with van der Waals surface area (Å²) in [5.41, 5.74) is 0.0790. The first-order chi connectivity index (χ1) is 10.7. The van der Waals surface area contributed by atoms with Gasteiger partial charge in [-0.05, 0) is 39.3 Å². The van der Waals surface area contributed by atoms with E-state index in [0.29, 0.717) is 23.7 Å². The van der Waals surface area contributed by atoms with E-state index in [1.54, 1.807) is 32.9 Å². The van der Waals surface area contributed by atoms with Crippen molar-refractivity contribution in [2.75, 3.05) is 13.1 Å². The number of rotatable bonds is 2. The number of aromatic nitrogens is 1. The number of nitrogens with zero attached hydrogens (tertiary/aromatic N) is 2. The van der Waals surface area contributed by atoms with Gasteiger partial charge < -0.3 is 14.7 Å². The van der Waals surface area contributed by atoms with Crippen LogP contribution in [0.15, 0.2) is 18.3 Å². The molecule has 0 unspecified atom stereocenters. The van der Waals surface area contributed by atoms with Crippen LogP contribution >= 0.6 is 11.6 Å². The molecule has 0 bridgehead atoms. The Morgan fingerprint density at radius 1 is 1.39 bits per heavy atom. The highest BCUT2D eigenvalue weighted by Gasteiger charge is 2.38. The molecule has 0 radical (unpaired) electrons. The molecule has 1 aromatic heterocycles. The van der Waals surface area contributed by atoms with Gasteiger partial charge in [0.2, 0.25) is 0 Å². The van der Waals surface area contributed by atoms with Crippen molar-refractivity contribution >= 4 is 23.7 Å².